The number of nitrogens with zero attached hydrogens (tertiary/aromatic N) is 3. The van der Waals surface area contributed by atoms with Crippen molar-refractivity contribution in [1.29, 1.82) is 0 Å². The molecular formula is C28H53N3O3. The molecule has 0 aliphatic carbocycles. The van der Waals surface area contributed by atoms with Crippen molar-refractivity contribution < 1.29 is 14.3 Å². The summed E-state index contributed by atoms with van der Waals surface area (Å²) in [6, 6.07) is 0. The topological polar surface area (TPSA) is 53.1 Å². The van der Waals surface area contributed by atoms with Gasteiger partial charge in [-0.25, -0.2) is 0 Å². The molecule has 0 aromatic rings. The number of hydrogen-bond donors (Lipinski definition) is 0. The predicted octanol–water partition coefficient (Wildman–Crippen LogP) is 5.10. The Labute approximate surface area is 209 Å². The molecule has 1 unspecified atom stereocenters. The zero-order chi connectivity index (χ0) is 25.0. The van der Waals surface area contributed by atoms with Gasteiger partial charge in [-0.15, -0.1) is 0 Å². The summed E-state index contributed by atoms with van der Waals surface area (Å²) < 4.78 is 5.93. The third kappa shape index (κ3) is 12.0. The number of unbranched alkanes of at least 4 members (excludes halogenated alkanes) is 7. The lowest BCUT2D eigenvalue weighted by Crippen LogP contribution is -2.51. The molecule has 2 amide bonds. The highest BCUT2D eigenvalue weighted by Crippen LogP contribution is 2.21. The molecule has 6 nitrogen and oxygen atoms in total. The third-order valence-corrected chi connectivity index (χ3v) is 6.98. The van der Waals surface area contributed by atoms with Crippen LogP contribution in [0.5, 0.6) is 0 Å². The average Bonchev–Trinajstić information content (AvgIpc) is 3.20. The van der Waals surface area contributed by atoms with Gasteiger partial charge in [0.25, 0.3) is 0 Å². The average molecular weight is 480 g/mol. The minimum atomic E-state index is 0.0184. The molecule has 0 aromatic heterocycles. The fourth-order valence-electron chi connectivity index (χ4n) is 5.10. The second-order valence-corrected chi connectivity index (χ2v) is 12.0. The lowest BCUT2D eigenvalue weighted by atomic mass is 9.91. The number of piperazine rings is 1. The maximum Gasteiger partial charge on any atom is 0.223 e. The van der Waals surface area contributed by atoms with E-state index >= 15 is 0 Å². The van der Waals surface area contributed by atoms with E-state index in [1.807, 2.05) is 9.80 Å². The molecule has 0 N–H and O–H groups in total. The van der Waals surface area contributed by atoms with Gasteiger partial charge in [-0.2, -0.15) is 0 Å². The predicted molar refractivity (Wildman–Crippen MR) is 140 cm³/mol. The summed E-state index contributed by atoms with van der Waals surface area (Å²) in [5.74, 6) is 0.492. The molecule has 1 atom stereocenters. The first-order chi connectivity index (χ1) is 16.1. The minimum absolute atomic E-state index is 0.0184. The van der Waals surface area contributed by atoms with Gasteiger partial charge in [0.05, 0.1) is 12.2 Å². The number of hydrogen-bond acceptors (Lipinski definition) is 4. The van der Waals surface area contributed by atoms with Crippen LogP contribution < -0.4 is 0 Å². The highest BCUT2D eigenvalue weighted by molar-refractivity contribution is 5.78. The van der Waals surface area contributed by atoms with Gasteiger partial charge < -0.3 is 19.4 Å². The fraction of sp³-hybridized carbons (Fsp3) is 0.929. The molecule has 0 radical (unpaired) electrons. The van der Waals surface area contributed by atoms with Gasteiger partial charge >= 0.3 is 0 Å². The van der Waals surface area contributed by atoms with Gasteiger partial charge in [0.15, 0.2) is 0 Å². The smallest absolute Gasteiger partial charge is 0.223 e. The van der Waals surface area contributed by atoms with E-state index in [1.54, 1.807) is 0 Å². The molecule has 2 fully saturated rings. The van der Waals surface area contributed by atoms with E-state index in [1.165, 1.54) is 58.0 Å². The number of likely N-dealkylation sites (tertiary alicyclic amines) is 1. The van der Waals surface area contributed by atoms with Crippen LogP contribution in [0, 0.1) is 5.41 Å². The van der Waals surface area contributed by atoms with Crippen molar-refractivity contribution in [2.24, 2.45) is 5.41 Å². The Morgan fingerprint density at radius 2 is 1.32 bits per heavy atom. The van der Waals surface area contributed by atoms with E-state index in [4.69, 9.17) is 4.74 Å². The van der Waals surface area contributed by atoms with Crippen molar-refractivity contribution in [3.05, 3.63) is 0 Å². The van der Waals surface area contributed by atoms with Crippen molar-refractivity contribution >= 4 is 11.8 Å². The lowest BCUT2D eigenvalue weighted by molar-refractivity contribution is -0.140. The SMILES string of the molecule is CC(C)OC1CCN(CCCCCCCCCCC(=O)N2CCN(C(=O)CC(C)(C)C)CC2)C1. The van der Waals surface area contributed by atoms with Crippen LogP contribution in [0.1, 0.15) is 105 Å². The number of carbonyl (C=O) groups excluding carboxylic acids is 2. The summed E-state index contributed by atoms with van der Waals surface area (Å²) in [4.78, 5) is 31.3. The first-order valence-electron chi connectivity index (χ1n) is 14.1. The van der Waals surface area contributed by atoms with Gasteiger partial charge in [0.2, 0.25) is 11.8 Å². The van der Waals surface area contributed by atoms with Crippen LogP contribution in [0.4, 0.5) is 0 Å². The molecular weight excluding hydrogens is 426 g/mol. The van der Waals surface area contributed by atoms with E-state index in [2.05, 4.69) is 39.5 Å². The third-order valence-electron chi connectivity index (χ3n) is 6.98. The van der Waals surface area contributed by atoms with Gasteiger partial charge in [-0.3, -0.25) is 9.59 Å². The summed E-state index contributed by atoms with van der Waals surface area (Å²) in [6.07, 6.45) is 13.2. The molecule has 0 spiro atoms. The van der Waals surface area contributed by atoms with Crippen LogP contribution >= 0.6 is 0 Å². The van der Waals surface area contributed by atoms with Crippen molar-refractivity contribution in [3.8, 4) is 0 Å². The summed E-state index contributed by atoms with van der Waals surface area (Å²) in [5.41, 5.74) is 0.0184. The maximum atomic E-state index is 12.5. The van der Waals surface area contributed by atoms with E-state index in [0.717, 1.165) is 19.4 Å². The molecule has 2 heterocycles. The Morgan fingerprint density at radius 1 is 0.794 bits per heavy atom. The maximum absolute atomic E-state index is 12.5. The fourth-order valence-corrected chi connectivity index (χ4v) is 5.10. The second-order valence-electron chi connectivity index (χ2n) is 12.0. The first-order valence-corrected chi connectivity index (χ1v) is 14.1. The van der Waals surface area contributed by atoms with E-state index in [-0.39, 0.29) is 17.2 Å². The summed E-state index contributed by atoms with van der Waals surface area (Å²) >= 11 is 0. The molecule has 2 aliphatic heterocycles. The molecule has 6 heteroatoms. The van der Waals surface area contributed by atoms with Crippen LogP contribution in [-0.4, -0.2) is 84.5 Å². The van der Waals surface area contributed by atoms with Crippen molar-refractivity contribution in [2.75, 3.05) is 45.8 Å². The molecule has 198 valence electrons. The Balaban J connectivity index is 1.40. The highest BCUT2D eigenvalue weighted by atomic mass is 16.5. The Hall–Kier alpha value is -1.14. The Kier molecular flexibility index (Phi) is 12.9. The normalized spacial score (nSPS) is 19.9. The number of rotatable bonds is 14. The van der Waals surface area contributed by atoms with Crippen molar-refractivity contribution in [1.82, 2.24) is 14.7 Å². The Morgan fingerprint density at radius 3 is 1.88 bits per heavy atom. The van der Waals surface area contributed by atoms with Gasteiger partial charge in [0.1, 0.15) is 0 Å². The molecule has 2 rings (SSSR count). The monoisotopic (exact) mass is 479 g/mol. The highest BCUT2D eigenvalue weighted by Gasteiger charge is 2.26. The molecule has 0 bridgehead atoms. The zero-order valence-electron chi connectivity index (χ0n) is 22.9. The van der Waals surface area contributed by atoms with Crippen LogP contribution in [0.25, 0.3) is 0 Å². The lowest BCUT2D eigenvalue weighted by Gasteiger charge is -2.36. The van der Waals surface area contributed by atoms with E-state index in [9.17, 15) is 9.59 Å². The van der Waals surface area contributed by atoms with Crippen molar-refractivity contribution in [3.63, 3.8) is 0 Å². The molecule has 34 heavy (non-hydrogen) atoms. The van der Waals surface area contributed by atoms with Crippen molar-refractivity contribution in [2.45, 2.75) is 117 Å². The van der Waals surface area contributed by atoms with Gasteiger partial charge in [-0.05, 0) is 45.1 Å². The largest absolute Gasteiger partial charge is 0.374 e. The van der Waals surface area contributed by atoms with Crippen LogP contribution in [0.3, 0.4) is 0 Å². The zero-order valence-corrected chi connectivity index (χ0v) is 22.9. The minimum Gasteiger partial charge on any atom is -0.374 e. The van der Waals surface area contributed by atoms with E-state index in [0.29, 0.717) is 51.2 Å². The molecule has 2 saturated heterocycles. The Bertz CT molecular complexity index is 594. The molecule has 0 aromatic carbocycles. The first kappa shape index (κ1) is 29.1. The van der Waals surface area contributed by atoms with Gasteiger partial charge in [0, 0.05) is 52.1 Å². The van der Waals surface area contributed by atoms with Crippen LogP contribution in [-0.2, 0) is 14.3 Å². The quantitative estimate of drug-likeness (QED) is 0.325. The van der Waals surface area contributed by atoms with Gasteiger partial charge in [-0.1, -0.05) is 59.3 Å². The molecule has 2 aliphatic rings. The number of carbonyl (C=O) groups is 2. The second kappa shape index (κ2) is 15.1. The van der Waals surface area contributed by atoms with Crippen LogP contribution in [0.15, 0.2) is 0 Å². The molecule has 0 saturated carbocycles. The van der Waals surface area contributed by atoms with Crippen LogP contribution in [0.2, 0.25) is 0 Å². The standard InChI is InChI=1S/C28H53N3O3/c1-24(2)34-25-15-17-29(23-25)16-13-11-9-7-6-8-10-12-14-26(32)30-18-20-31(21-19-30)27(33)22-28(3,4)5/h24-25H,6-23H2,1-5H3. The number of amides is 2. The summed E-state index contributed by atoms with van der Waals surface area (Å²) in [5, 5.41) is 0. The summed E-state index contributed by atoms with van der Waals surface area (Å²) in [7, 11) is 0. The van der Waals surface area contributed by atoms with E-state index < -0.39 is 0 Å². The summed E-state index contributed by atoms with van der Waals surface area (Å²) in [6.45, 7) is 16.8. The number of ether oxygens (including phenoxy) is 1.